The van der Waals surface area contributed by atoms with Crippen LogP contribution in [0.1, 0.15) is 18.2 Å². The summed E-state index contributed by atoms with van der Waals surface area (Å²) in [4.78, 5) is 12.5. The van der Waals surface area contributed by atoms with Crippen LogP contribution in [-0.4, -0.2) is 21.5 Å². The third-order valence-electron chi connectivity index (χ3n) is 3.14. The maximum absolute atomic E-state index is 4.59. The first-order chi connectivity index (χ1) is 10.2. The summed E-state index contributed by atoms with van der Waals surface area (Å²) in [5.74, 6) is 1.73. The van der Waals surface area contributed by atoms with Gasteiger partial charge in [0.1, 0.15) is 5.82 Å². The molecule has 2 aromatic heterocycles. The molecule has 3 rings (SSSR count). The van der Waals surface area contributed by atoms with Crippen molar-refractivity contribution >= 4 is 28.6 Å². The van der Waals surface area contributed by atoms with E-state index in [1.807, 2.05) is 18.2 Å². The Morgan fingerprint density at radius 1 is 1.19 bits per heavy atom. The lowest BCUT2D eigenvalue weighted by Gasteiger charge is -2.04. The van der Waals surface area contributed by atoms with Crippen LogP contribution < -0.4 is 5.32 Å². The van der Waals surface area contributed by atoms with Crippen LogP contribution in [0.4, 0.5) is 5.82 Å². The van der Waals surface area contributed by atoms with Crippen molar-refractivity contribution in [1.82, 2.24) is 15.0 Å². The number of pyridine rings is 1. The first kappa shape index (κ1) is 13.9. The average molecular weight is 298 g/mol. The van der Waals surface area contributed by atoms with Gasteiger partial charge in [-0.15, -0.1) is 0 Å². The Kier molecular flexibility index (Phi) is 4.10. The molecule has 2 N–H and O–H groups in total. The van der Waals surface area contributed by atoms with Gasteiger partial charge in [0.2, 0.25) is 0 Å². The number of aryl methyl sites for hydroxylation is 1. The Balaban J connectivity index is 1.72. The molecule has 2 heterocycles. The van der Waals surface area contributed by atoms with Gasteiger partial charge in [0, 0.05) is 12.3 Å². The van der Waals surface area contributed by atoms with E-state index in [2.05, 4.69) is 52.3 Å². The molecular weight excluding hydrogens is 280 g/mol. The summed E-state index contributed by atoms with van der Waals surface area (Å²) in [6.45, 7) is 5.04. The Bertz CT molecular complexity index is 751. The van der Waals surface area contributed by atoms with Crippen molar-refractivity contribution < 1.29 is 0 Å². The van der Waals surface area contributed by atoms with Gasteiger partial charge in [-0.3, -0.25) is 0 Å². The molecule has 21 heavy (non-hydrogen) atoms. The summed E-state index contributed by atoms with van der Waals surface area (Å²) in [6, 6.07) is 12.3. The van der Waals surface area contributed by atoms with Crippen molar-refractivity contribution in [3.05, 3.63) is 47.7 Å². The van der Waals surface area contributed by atoms with E-state index in [0.717, 1.165) is 40.0 Å². The monoisotopic (exact) mass is 298 g/mol. The molecule has 0 bridgehead atoms. The highest BCUT2D eigenvalue weighted by Gasteiger charge is 2.05. The molecule has 0 atom stereocenters. The van der Waals surface area contributed by atoms with E-state index in [-0.39, 0.29) is 0 Å². The van der Waals surface area contributed by atoms with Gasteiger partial charge < -0.3 is 10.3 Å². The number of rotatable bonds is 5. The summed E-state index contributed by atoms with van der Waals surface area (Å²) in [6.07, 6.45) is 0. The van der Waals surface area contributed by atoms with Gasteiger partial charge >= 0.3 is 0 Å². The first-order valence-corrected chi connectivity index (χ1v) is 8.02. The number of H-pyrrole nitrogens is 1. The fourth-order valence-corrected chi connectivity index (χ4v) is 2.94. The van der Waals surface area contributed by atoms with Crippen LogP contribution in [0, 0.1) is 6.92 Å². The molecule has 0 saturated heterocycles. The molecule has 0 saturated carbocycles. The number of aromatic amines is 1. The summed E-state index contributed by atoms with van der Waals surface area (Å²) in [5.41, 5.74) is 4.39. The van der Waals surface area contributed by atoms with E-state index in [0.29, 0.717) is 0 Å². The van der Waals surface area contributed by atoms with E-state index in [1.54, 1.807) is 11.8 Å². The van der Waals surface area contributed by atoms with Gasteiger partial charge in [0.15, 0.2) is 5.16 Å². The maximum atomic E-state index is 4.59. The summed E-state index contributed by atoms with van der Waals surface area (Å²) < 4.78 is 0. The highest BCUT2D eigenvalue weighted by Crippen LogP contribution is 2.23. The Hall–Kier alpha value is -2.01. The zero-order valence-corrected chi connectivity index (χ0v) is 13.0. The van der Waals surface area contributed by atoms with Gasteiger partial charge in [-0.25, -0.2) is 9.97 Å². The molecule has 0 aliphatic rings. The number of fused-ring (bicyclic) bond motifs is 1. The summed E-state index contributed by atoms with van der Waals surface area (Å²) >= 11 is 1.67. The van der Waals surface area contributed by atoms with Crippen molar-refractivity contribution in [3.8, 4) is 0 Å². The minimum Gasteiger partial charge on any atom is -0.370 e. The van der Waals surface area contributed by atoms with E-state index >= 15 is 0 Å². The van der Waals surface area contributed by atoms with Crippen LogP contribution in [0.25, 0.3) is 11.0 Å². The average Bonchev–Trinajstić information content (AvgIpc) is 2.88. The molecule has 0 fully saturated rings. The smallest absolute Gasteiger partial charge is 0.166 e. The second kappa shape index (κ2) is 6.18. The number of anilines is 1. The van der Waals surface area contributed by atoms with E-state index in [4.69, 9.17) is 0 Å². The Labute approximate surface area is 128 Å². The summed E-state index contributed by atoms with van der Waals surface area (Å²) in [5, 5.41) is 4.17. The van der Waals surface area contributed by atoms with Crippen molar-refractivity contribution in [3.63, 3.8) is 0 Å². The molecule has 0 radical (unpaired) electrons. The van der Waals surface area contributed by atoms with Crippen LogP contribution in [0.2, 0.25) is 0 Å². The van der Waals surface area contributed by atoms with Crippen LogP contribution in [0.15, 0.2) is 41.6 Å². The van der Waals surface area contributed by atoms with Gasteiger partial charge in [0.25, 0.3) is 0 Å². The standard InChI is InChI=1S/C16H18N4S/c1-3-17-15-6-4-5-12(18-15)10-21-16-19-13-8-7-11(2)9-14(13)20-16/h4-9H,3,10H2,1-2H3,(H,17,18)(H,19,20). The largest absolute Gasteiger partial charge is 0.370 e. The molecule has 0 aliphatic carbocycles. The molecule has 5 heteroatoms. The van der Waals surface area contributed by atoms with Crippen molar-refractivity contribution in [2.24, 2.45) is 0 Å². The second-order valence-electron chi connectivity index (χ2n) is 4.90. The van der Waals surface area contributed by atoms with E-state index < -0.39 is 0 Å². The second-order valence-corrected chi connectivity index (χ2v) is 5.86. The Morgan fingerprint density at radius 2 is 2.10 bits per heavy atom. The minimum atomic E-state index is 0.804. The number of nitrogens with one attached hydrogen (secondary N) is 2. The fourth-order valence-electron chi connectivity index (χ4n) is 2.15. The molecule has 0 spiro atoms. The van der Waals surface area contributed by atoms with Crippen LogP contribution in [0.5, 0.6) is 0 Å². The van der Waals surface area contributed by atoms with Crippen LogP contribution in [0.3, 0.4) is 0 Å². The minimum absolute atomic E-state index is 0.804. The van der Waals surface area contributed by atoms with Gasteiger partial charge in [0.05, 0.1) is 16.7 Å². The molecule has 0 amide bonds. The van der Waals surface area contributed by atoms with Crippen molar-refractivity contribution in [1.29, 1.82) is 0 Å². The van der Waals surface area contributed by atoms with Crippen LogP contribution >= 0.6 is 11.8 Å². The predicted molar refractivity (Wildman–Crippen MR) is 88.8 cm³/mol. The lowest BCUT2D eigenvalue weighted by Crippen LogP contribution is -2.00. The zero-order chi connectivity index (χ0) is 14.7. The predicted octanol–water partition coefficient (Wildman–Crippen LogP) is 3.99. The quantitative estimate of drug-likeness (QED) is 0.699. The number of aromatic nitrogens is 3. The molecule has 0 aliphatic heterocycles. The first-order valence-electron chi connectivity index (χ1n) is 7.03. The van der Waals surface area contributed by atoms with Crippen LogP contribution in [-0.2, 0) is 5.75 Å². The third kappa shape index (κ3) is 3.36. The van der Waals surface area contributed by atoms with Gasteiger partial charge in [-0.2, -0.15) is 0 Å². The number of imidazole rings is 1. The zero-order valence-electron chi connectivity index (χ0n) is 12.2. The lowest BCUT2D eigenvalue weighted by molar-refractivity contribution is 1.07. The molecule has 1 aromatic carbocycles. The number of hydrogen-bond acceptors (Lipinski definition) is 4. The van der Waals surface area contributed by atoms with Crippen molar-refractivity contribution in [2.75, 3.05) is 11.9 Å². The van der Waals surface area contributed by atoms with Gasteiger partial charge in [-0.05, 0) is 43.7 Å². The summed E-state index contributed by atoms with van der Waals surface area (Å²) in [7, 11) is 0. The molecule has 108 valence electrons. The number of benzene rings is 1. The fraction of sp³-hybridized carbons (Fsp3) is 0.250. The van der Waals surface area contributed by atoms with Gasteiger partial charge in [-0.1, -0.05) is 23.9 Å². The SMILES string of the molecule is CCNc1cccc(CSc2nc3ccc(C)cc3[nH]2)n1. The molecule has 0 unspecified atom stereocenters. The third-order valence-corrected chi connectivity index (χ3v) is 4.04. The van der Waals surface area contributed by atoms with E-state index in [9.17, 15) is 0 Å². The van der Waals surface area contributed by atoms with Crippen molar-refractivity contribution in [2.45, 2.75) is 24.8 Å². The topological polar surface area (TPSA) is 53.6 Å². The highest BCUT2D eigenvalue weighted by atomic mass is 32.2. The molecule has 4 nitrogen and oxygen atoms in total. The van der Waals surface area contributed by atoms with E-state index in [1.165, 1.54) is 5.56 Å². The Morgan fingerprint density at radius 3 is 2.95 bits per heavy atom. The highest BCUT2D eigenvalue weighted by molar-refractivity contribution is 7.98. The molecular formula is C16H18N4S. The normalized spacial score (nSPS) is 11.0. The molecule has 3 aromatic rings. The number of nitrogens with zero attached hydrogens (tertiary/aromatic N) is 2. The number of hydrogen-bond donors (Lipinski definition) is 2. The lowest BCUT2D eigenvalue weighted by atomic mass is 10.2. The number of thioether (sulfide) groups is 1. The maximum Gasteiger partial charge on any atom is 0.166 e.